The van der Waals surface area contributed by atoms with Gasteiger partial charge >= 0.3 is 0 Å². The molecule has 136 valence electrons. The molecule has 0 atom stereocenters. The number of halogens is 1. The van der Waals surface area contributed by atoms with Crippen molar-refractivity contribution in [3.63, 3.8) is 0 Å². The van der Waals surface area contributed by atoms with Crippen LogP contribution in [0.15, 0.2) is 35.5 Å². The third kappa shape index (κ3) is 3.31. The summed E-state index contributed by atoms with van der Waals surface area (Å²) >= 11 is 1.31. The normalized spacial score (nSPS) is 11.1. The maximum atomic E-state index is 14.0. The van der Waals surface area contributed by atoms with E-state index in [1.165, 1.54) is 17.8 Å². The molecule has 2 aromatic heterocycles. The smallest absolute Gasteiger partial charge is 0.191 e. The molecular weight excluding hydrogens is 351 g/mol. The largest absolute Gasteiger partial charge is 0.349 e. The first-order valence-corrected chi connectivity index (χ1v) is 9.39. The van der Waals surface area contributed by atoms with Crippen LogP contribution in [0.3, 0.4) is 0 Å². The fraction of sp³-hybridized carbons (Fsp3) is 0.316. The van der Waals surface area contributed by atoms with Crippen molar-refractivity contribution in [3.8, 4) is 11.4 Å². The van der Waals surface area contributed by atoms with Crippen LogP contribution in [0.25, 0.3) is 11.4 Å². The van der Waals surface area contributed by atoms with E-state index in [0.29, 0.717) is 16.5 Å². The second-order valence-corrected chi connectivity index (χ2v) is 7.03. The lowest BCUT2D eigenvalue weighted by molar-refractivity contribution is 0.102. The van der Waals surface area contributed by atoms with E-state index in [9.17, 15) is 9.18 Å². The Labute approximate surface area is 156 Å². The molecule has 2 heterocycles. The number of benzene rings is 1. The standard InChI is InChI=1S/C19H21FN4OS/c1-5-24-12(2)10-15(13(24)3)17(25)11-26-19-22-21-18(23(19)4)14-8-6-7-9-16(14)20/h6-10H,5,11H2,1-4H3. The van der Waals surface area contributed by atoms with Gasteiger partial charge in [0.15, 0.2) is 16.8 Å². The number of aromatic nitrogens is 4. The Bertz CT molecular complexity index is 961. The molecule has 5 nitrogen and oxygen atoms in total. The Morgan fingerprint density at radius 3 is 2.62 bits per heavy atom. The fourth-order valence-corrected chi connectivity index (χ4v) is 3.89. The van der Waals surface area contributed by atoms with Gasteiger partial charge in [-0.05, 0) is 39.0 Å². The summed E-state index contributed by atoms with van der Waals surface area (Å²) in [5, 5.41) is 8.78. The van der Waals surface area contributed by atoms with Crippen molar-refractivity contribution in [2.45, 2.75) is 32.5 Å². The zero-order chi connectivity index (χ0) is 18.8. The summed E-state index contributed by atoms with van der Waals surface area (Å²) in [6.07, 6.45) is 0. The first kappa shape index (κ1) is 18.4. The Balaban J connectivity index is 1.77. The monoisotopic (exact) mass is 372 g/mol. The number of Topliss-reactive ketones (excluding diaryl/α,β-unsaturated/α-hetero) is 1. The quantitative estimate of drug-likeness (QED) is 0.484. The average Bonchev–Trinajstić information content (AvgIpc) is 3.12. The van der Waals surface area contributed by atoms with Crippen molar-refractivity contribution in [3.05, 3.63) is 53.1 Å². The Kier molecular flexibility index (Phi) is 5.27. The number of hydrogen-bond donors (Lipinski definition) is 0. The lowest BCUT2D eigenvalue weighted by Gasteiger charge is -2.06. The van der Waals surface area contributed by atoms with Crippen molar-refractivity contribution in [1.29, 1.82) is 0 Å². The summed E-state index contributed by atoms with van der Waals surface area (Å²) in [5.74, 6) is 0.417. The van der Waals surface area contributed by atoms with Gasteiger partial charge in [-0.3, -0.25) is 4.79 Å². The summed E-state index contributed by atoms with van der Waals surface area (Å²) in [6.45, 7) is 6.87. The molecule has 26 heavy (non-hydrogen) atoms. The van der Waals surface area contributed by atoms with Gasteiger partial charge in [0.2, 0.25) is 0 Å². The molecule has 3 aromatic rings. The maximum Gasteiger partial charge on any atom is 0.191 e. The molecule has 1 aromatic carbocycles. The SMILES string of the molecule is CCn1c(C)cc(C(=O)CSc2nnc(-c3ccccc3F)n2C)c1C. The zero-order valence-corrected chi connectivity index (χ0v) is 16.1. The van der Waals surface area contributed by atoms with Gasteiger partial charge in [0.1, 0.15) is 5.82 Å². The third-order valence-electron chi connectivity index (χ3n) is 4.47. The molecule has 3 rings (SSSR count). The van der Waals surface area contributed by atoms with Crippen LogP contribution in [0.2, 0.25) is 0 Å². The molecule has 0 spiro atoms. The van der Waals surface area contributed by atoms with Crippen LogP contribution >= 0.6 is 11.8 Å². The summed E-state index contributed by atoms with van der Waals surface area (Å²) in [7, 11) is 1.78. The molecule has 0 N–H and O–H groups in total. The fourth-order valence-electron chi connectivity index (χ4n) is 3.10. The van der Waals surface area contributed by atoms with Crippen molar-refractivity contribution in [1.82, 2.24) is 19.3 Å². The predicted molar refractivity (Wildman–Crippen MR) is 101 cm³/mol. The van der Waals surface area contributed by atoms with Crippen LogP contribution in [0.5, 0.6) is 0 Å². The molecule has 0 aliphatic heterocycles. The van der Waals surface area contributed by atoms with Gasteiger partial charge in [0, 0.05) is 30.5 Å². The highest BCUT2D eigenvalue weighted by molar-refractivity contribution is 7.99. The number of carbonyl (C=O) groups excluding carboxylic acids is 1. The van der Waals surface area contributed by atoms with Crippen molar-refractivity contribution < 1.29 is 9.18 Å². The van der Waals surface area contributed by atoms with E-state index in [0.717, 1.165) is 23.5 Å². The highest BCUT2D eigenvalue weighted by atomic mass is 32.2. The topological polar surface area (TPSA) is 52.7 Å². The minimum atomic E-state index is -0.345. The number of hydrogen-bond acceptors (Lipinski definition) is 4. The van der Waals surface area contributed by atoms with Crippen molar-refractivity contribution in [2.24, 2.45) is 7.05 Å². The molecular formula is C19H21FN4OS. The molecule has 0 bridgehead atoms. The summed E-state index contributed by atoms with van der Waals surface area (Å²) < 4.78 is 17.8. The van der Waals surface area contributed by atoms with Crippen LogP contribution in [-0.2, 0) is 13.6 Å². The molecule has 0 saturated heterocycles. The molecule has 0 radical (unpaired) electrons. The lowest BCUT2D eigenvalue weighted by Crippen LogP contribution is -2.06. The number of ketones is 1. The van der Waals surface area contributed by atoms with Crippen molar-refractivity contribution >= 4 is 17.5 Å². The average molecular weight is 372 g/mol. The second-order valence-electron chi connectivity index (χ2n) is 6.09. The third-order valence-corrected chi connectivity index (χ3v) is 5.49. The van der Waals surface area contributed by atoms with Gasteiger partial charge in [0.05, 0.1) is 11.3 Å². The van der Waals surface area contributed by atoms with Crippen LogP contribution < -0.4 is 0 Å². The highest BCUT2D eigenvalue weighted by Gasteiger charge is 2.18. The summed E-state index contributed by atoms with van der Waals surface area (Å²) in [6, 6.07) is 8.38. The molecule has 0 saturated carbocycles. The van der Waals surface area contributed by atoms with E-state index < -0.39 is 0 Å². The number of nitrogens with zero attached hydrogens (tertiary/aromatic N) is 4. The molecule has 0 unspecified atom stereocenters. The van der Waals surface area contributed by atoms with E-state index in [2.05, 4.69) is 21.7 Å². The van der Waals surface area contributed by atoms with Crippen LogP contribution in [0.1, 0.15) is 28.7 Å². The molecule has 0 aliphatic rings. The lowest BCUT2D eigenvalue weighted by atomic mass is 10.2. The molecule has 0 fully saturated rings. The highest BCUT2D eigenvalue weighted by Crippen LogP contribution is 2.25. The van der Waals surface area contributed by atoms with E-state index in [1.807, 2.05) is 19.9 Å². The van der Waals surface area contributed by atoms with E-state index in [-0.39, 0.29) is 17.4 Å². The van der Waals surface area contributed by atoms with Gasteiger partial charge in [-0.2, -0.15) is 0 Å². The Morgan fingerprint density at radius 1 is 1.23 bits per heavy atom. The second kappa shape index (κ2) is 7.45. The molecule has 0 aliphatic carbocycles. The zero-order valence-electron chi connectivity index (χ0n) is 15.3. The van der Waals surface area contributed by atoms with E-state index in [1.54, 1.807) is 29.8 Å². The van der Waals surface area contributed by atoms with Crippen LogP contribution in [0, 0.1) is 19.7 Å². The first-order chi connectivity index (χ1) is 12.4. The number of aryl methyl sites for hydroxylation is 1. The van der Waals surface area contributed by atoms with Gasteiger partial charge in [-0.1, -0.05) is 23.9 Å². The van der Waals surface area contributed by atoms with Gasteiger partial charge < -0.3 is 9.13 Å². The Hall–Kier alpha value is -2.41. The van der Waals surface area contributed by atoms with Gasteiger partial charge in [-0.25, -0.2) is 4.39 Å². The predicted octanol–water partition coefficient (Wildman–Crippen LogP) is 4.03. The van der Waals surface area contributed by atoms with E-state index >= 15 is 0 Å². The molecule has 7 heteroatoms. The van der Waals surface area contributed by atoms with Crippen molar-refractivity contribution in [2.75, 3.05) is 5.75 Å². The minimum absolute atomic E-state index is 0.0539. The number of rotatable bonds is 6. The minimum Gasteiger partial charge on any atom is -0.349 e. The summed E-state index contributed by atoms with van der Waals surface area (Å²) in [4.78, 5) is 12.6. The Morgan fingerprint density at radius 2 is 1.96 bits per heavy atom. The van der Waals surface area contributed by atoms with Gasteiger partial charge in [-0.15, -0.1) is 10.2 Å². The number of carbonyl (C=O) groups is 1. The maximum absolute atomic E-state index is 14.0. The van der Waals surface area contributed by atoms with Crippen LogP contribution in [0.4, 0.5) is 4.39 Å². The van der Waals surface area contributed by atoms with E-state index in [4.69, 9.17) is 0 Å². The first-order valence-electron chi connectivity index (χ1n) is 8.41. The molecule has 0 amide bonds. The number of thioether (sulfide) groups is 1. The summed E-state index contributed by atoms with van der Waals surface area (Å²) in [5.41, 5.74) is 3.21. The van der Waals surface area contributed by atoms with Crippen LogP contribution in [-0.4, -0.2) is 30.9 Å². The van der Waals surface area contributed by atoms with Gasteiger partial charge in [0.25, 0.3) is 0 Å².